The predicted octanol–water partition coefficient (Wildman–Crippen LogP) is 1.56. The summed E-state index contributed by atoms with van der Waals surface area (Å²) in [6, 6.07) is -1.80. The summed E-state index contributed by atoms with van der Waals surface area (Å²) < 4.78 is 30.6. The molecule has 1 atom stereocenters. The van der Waals surface area contributed by atoms with Crippen molar-refractivity contribution in [2.75, 3.05) is 0 Å². The fourth-order valence-corrected chi connectivity index (χ4v) is 0.670. The molecule has 0 aliphatic rings. The van der Waals surface area contributed by atoms with Crippen molar-refractivity contribution in [3.8, 4) is 0 Å². The van der Waals surface area contributed by atoms with E-state index in [1.165, 1.54) is 27.7 Å². The van der Waals surface area contributed by atoms with Gasteiger partial charge in [-0.3, -0.25) is 4.79 Å². The minimum Gasteiger partial charge on any atom is -0.354 e. The Bertz CT molecular complexity index is 232. The first-order valence-electron chi connectivity index (χ1n) is 5.20. The van der Waals surface area contributed by atoms with Crippen molar-refractivity contribution in [3.63, 3.8) is 0 Å². The lowest BCUT2D eigenvalue weighted by atomic mass is 10.1. The fraction of sp³-hybridized carbons (Fsp3) is 0.875. The standard InChI is InChI=1S/C8H17NO/c1-6(2)5-7(3)9-8(4)10/h6-7H,5H2,1-4H3,(H,9,10)/t7-/m1/s1/i5D2,6D,7D. The molecule has 0 aromatic rings. The molecule has 0 aromatic heterocycles. The van der Waals surface area contributed by atoms with Gasteiger partial charge in [-0.15, -0.1) is 0 Å². The second kappa shape index (κ2) is 4.31. The van der Waals surface area contributed by atoms with Crippen LogP contribution >= 0.6 is 0 Å². The number of carbonyl (C=O) groups excluding carboxylic acids is 1. The molecule has 0 rings (SSSR count). The maximum absolute atomic E-state index is 10.8. The van der Waals surface area contributed by atoms with Crippen LogP contribution in [0, 0.1) is 5.89 Å². The van der Waals surface area contributed by atoms with Gasteiger partial charge in [0.15, 0.2) is 0 Å². The second-order valence-electron chi connectivity index (χ2n) is 2.43. The molecule has 1 amide bonds. The largest absolute Gasteiger partial charge is 0.354 e. The van der Waals surface area contributed by atoms with E-state index in [1.807, 2.05) is 0 Å². The molecule has 0 aliphatic carbocycles. The highest BCUT2D eigenvalue weighted by molar-refractivity contribution is 5.73. The summed E-state index contributed by atoms with van der Waals surface area (Å²) in [5.74, 6) is -1.93. The van der Waals surface area contributed by atoms with Crippen LogP contribution in [0.15, 0.2) is 0 Å². The number of nitrogens with one attached hydrogen (secondary N) is 1. The highest BCUT2D eigenvalue weighted by Gasteiger charge is 2.04. The van der Waals surface area contributed by atoms with Gasteiger partial charge in [0.2, 0.25) is 5.91 Å². The molecule has 60 valence electrons. The molecule has 10 heavy (non-hydrogen) atoms. The molecule has 0 spiro atoms. The van der Waals surface area contributed by atoms with E-state index < -0.39 is 24.2 Å². The number of hydrogen-bond acceptors (Lipinski definition) is 1. The van der Waals surface area contributed by atoms with Crippen LogP contribution in [0.3, 0.4) is 0 Å². The number of hydrogen-bond donors (Lipinski definition) is 1. The van der Waals surface area contributed by atoms with Gasteiger partial charge in [-0.2, -0.15) is 0 Å². The molecule has 0 saturated heterocycles. The Labute approximate surface area is 68.6 Å². The Morgan fingerprint density at radius 3 is 2.50 bits per heavy atom. The van der Waals surface area contributed by atoms with Crippen molar-refractivity contribution in [1.82, 2.24) is 5.32 Å². The summed E-state index contributed by atoms with van der Waals surface area (Å²) in [7, 11) is 0. The van der Waals surface area contributed by atoms with Crippen molar-refractivity contribution in [2.24, 2.45) is 5.89 Å². The smallest absolute Gasteiger partial charge is 0.217 e. The molecule has 0 saturated carbocycles. The zero-order chi connectivity index (χ0) is 11.8. The van der Waals surface area contributed by atoms with E-state index in [-0.39, 0.29) is 0 Å². The molecule has 0 aromatic carbocycles. The number of rotatable bonds is 3. The van der Waals surface area contributed by atoms with E-state index in [9.17, 15) is 4.79 Å². The molecular formula is C8H17NO. The second-order valence-corrected chi connectivity index (χ2v) is 2.43. The zero-order valence-corrected chi connectivity index (χ0v) is 6.91. The van der Waals surface area contributed by atoms with E-state index in [0.29, 0.717) is 0 Å². The number of carbonyl (C=O) groups is 1. The Hall–Kier alpha value is -0.530. The maximum atomic E-state index is 10.8. The van der Waals surface area contributed by atoms with Crippen molar-refractivity contribution < 1.29 is 10.3 Å². The molecule has 0 unspecified atom stereocenters. The average Bonchev–Trinajstić information content (AvgIpc) is 1.80. The van der Waals surface area contributed by atoms with Crippen LogP contribution in [0.5, 0.6) is 0 Å². The van der Waals surface area contributed by atoms with Gasteiger partial charge >= 0.3 is 0 Å². The summed E-state index contributed by atoms with van der Waals surface area (Å²) >= 11 is 0. The molecule has 0 fully saturated rings. The van der Waals surface area contributed by atoms with Gasteiger partial charge in [0.1, 0.15) is 0 Å². The normalized spacial score (nSPS) is 24.8. The van der Waals surface area contributed by atoms with Crippen LogP contribution in [-0.2, 0) is 4.79 Å². The lowest BCUT2D eigenvalue weighted by Crippen LogP contribution is -2.31. The first-order valence-corrected chi connectivity index (χ1v) is 3.20. The summed E-state index contributed by atoms with van der Waals surface area (Å²) in [6.07, 6.45) is -2.13. The van der Waals surface area contributed by atoms with Crippen molar-refractivity contribution in [2.45, 2.75) is 40.1 Å². The SMILES string of the molecule is [2H]C(C)(C)C([2H])([2H])[C@@]([2H])(C)NC(C)=O. The third-order valence-corrected chi connectivity index (χ3v) is 0.801. The maximum Gasteiger partial charge on any atom is 0.217 e. The van der Waals surface area contributed by atoms with E-state index in [4.69, 9.17) is 5.48 Å². The quantitative estimate of drug-likeness (QED) is 0.645. The van der Waals surface area contributed by atoms with Crippen LogP contribution < -0.4 is 5.32 Å². The minimum absolute atomic E-state index is 0.476. The topological polar surface area (TPSA) is 29.1 Å². The third-order valence-electron chi connectivity index (χ3n) is 0.801. The van der Waals surface area contributed by atoms with Crippen molar-refractivity contribution in [3.05, 3.63) is 0 Å². The van der Waals surface area contributed by atoms with E-state index in [2.05, 4.69) is 5.32 Å². The average molecular weight is 147 g/mol. The summed E-state index contributed by atoms with van der Waals surface area (Å²) in [6.45, 7) is 5.23. The van der Waals surface area contributed by atoms with Gasteiger partial charge in [-0.25, -0.2) is 0 Å². The molecule has 0 heterocycles. The zero-order valence-electron chi connectivity index (χ0n) is 10.9. The Kier molecular flexibility index (Phi) is 1.88. The molecule has 0 aliphatic heterocycles. The molecule has 1 N–H and O–H groups in total. The predicted molar refractivity (Wildman–Crippen MR) is 42.7 cm³/mol. The van der Waals surface area contributed by atoms with Crippen LogP contribution in [-0.4, -0.2) is 11.9 Å². The van der Waals surface area contributed by atoms with Gasteiger partial charge in [0, 0.05) is 17.1 Å². The molecule has 2 nitrogen and oxygen atoms in total. The first-order chi connectivity index (χ1) is 5.92. The third kappa shape index (κ3) is 5.60. The summed E-state index contributed by atoms with van der Waals surface area (Å²) in [4.78, 5) is 10.8. The minimum atomic E-state index is -2.13. The van der Waals surface area contributed by atoms with Gasteiger partial charge in [-0.1, -0.05) is 13.8 Å². The van der Waals surface area contributed by atoms with Crippen LogP contribution in [0.4, 0.5) is 0 Å². The molecule has 0 bridgehead atoms. The Balaban J connectivity index is 4.97. The van der Waals surface area contributed by atoms with E-state index >= 15 is 0 Å². The molecule has 0 radical (unpaired) electrons. The summed E-state index contributed by atoms with van der Waals surface area (Å²) in [5, 5.41) is 2.20. The highest BCUT2D eigenvalue weighted by atomic mass is 16.1. The number of amides is 1. The van der Waals surface area contributed by atoms with Gasteiger partial charge < -0.3 is 5.32 Å². The van der Waals surface area contributed by atoms with Crippen LogP contribution in [0.25, 0.3) is 0 Å². The van der Waals surface area contributed by atoms with Gasteiger partial charge in [0.05, 0.1) is 1.37 Å². The van der Waals surface area contributed by atoms with Crippen molar-refractivity contribution in [1.29, 1.82) is 0 Å². The van der Waals surface area contributed by atoms with Crippen LogP contribution in [0.1, 0.15) is 39.6 Å². The Morgan fingerprint density at radius 2 is 2.20 bits per heavy atom. The monoisotopic (exact) mass is 147 g/mol. The molecular weight excluding hydrogens is 126 g/mol. The van der Waals surface area contributed by atoms with Crippen molar-refractivity contribution >= 4 is 5.91 Å². The van der Waals surface area contributed by atoms with Gasteiger partial charge in [-0.05, 0) is 19.2 Å². The Morgan fingerprint density at radius 1 is 1.70 bits per heavy atom. The molecule has 2 heteroatoms. The lowest BCUT2D eigenvalue weighted by molar-refractivity contribution is -0.119. The van der Waals surface area contributed by atoms with Gasteiger partial charge in [0.25, 0.3) is 0 Å². The fourth-order valence-electron chi connectivity index (χ4n) is 0.670. The highest BCUT2D eigenvalue weighted by Crippen LogP contribution is 2.02. The van der Waals surface area contributed by atoms with E-state index in [1.54, 1.807) is 0 Å². The summed E-state index contributed by atoms with van der Waals surface area (Å²) in [5.41, 5.74) is 0. The lowest BCUT2D eigenvalue weighted by Gasteiger charge is -2.13. The first kappa shape index (κ1) is 4.37. The van der Waals surface area contributed by atoms with Crippen LogP contribution in [0.2, 0.25) is 0 Å². The van der Waals surface area contributed by atoms with E-state index in [0.717, 1.165) is 0 Å².